The molecule has 0 saturated heterocycles. The van der Waals surface area contributed by atoms with E-state index in [0.29, 0.717) is 6.54 Å². The van der Waals surface area contributed by atoms with Crippen molar-refractivity contribution in [3.63, 3.8) is 0 Å². The lowest BCUT2D eigenvalue weighted by Gasteiger charge is -2.18. The van der Waals surface area contributed by atoms with Gasteiger partial charge < -0.3 is 9.69 Å². The molecule has 0 spiro atoms. The Balaban J connectivity index is 2.97. The standard InChI is InChI=1S/C10H12BrNO/c1-8-3-4-9(11)7-10(8)12(2)5-6-13/h3-4,6-7H,5H2,1-2H3. The van der Waals surface area contributed by atoms with Crippen molar-refractivity contribution in [1.82, 2.24) is 0 Å². The minimum atomic E-state index is 0.428. The van der Waals surface area contributed by atoms with E-state index in [2.05, 4.69) is 15.9 Å². The van der Waals surface area contributed by atoms with E-state index in [4.69, 9.17) is 0 Å². The van der Waals surface area contributed by atoms with Crippen LogP contribution in [0, 0.1) is 6.92 Å². The number of hydrogen-bond acceptors (Lipinski definition) is 2. The van der Waals surface area contributed by atoms with Gasteiger partial charge in [-0.1, -0.05) is 22.0 Å². The number of anilines is 1. The molecule has 0 aliphatic carbocycles. The summed E-state index contributed by atoms with van der Waals surface area (Å²) in [4.78, 5) is 12.3. The highest BCUT2D eigenvalue weighted by molar-refractivity contribution is 9.10. The smallest absolute Gasteiger partial charge is 0.139 e. The van der Waals surface area contributed by atoms with Crippen LogP contribution in [-0.4, -0.2) is 19.9 Å². The number of benzene rings is 1. The third-order valence-corrected chi connectivity index (χ3v) is 2.42. The van der Waals surface area contributed by atoms with Gasteiger partial charge in [-0.05, 0) is 24.6 Å². The zero-order valence-electron chi connectivity index (χ0n) is 7.75. The van der Waals surface area contributed by atoms with Crippen LogP contribution in [0.2, 0.25) is 0 Å². The number of likely N-dealkylation sites (N-methyl/N-ethyl adjacent to an activating group) is 1. The van der Waals surface area contributed by atoms with Gasteiger partial charge in [0, 0.05) is 17.2 Å². The van der Waals surface area contributed by atoms with Gasteiger partial charge in [-0.15, -0.1) is 0 Å². The molecule has 1 rings (SSSR count). The number of nitrogens with zero attached hydrogens (tertiary/aromatic N) is 1. The van der Waals surface area contributed by atoms with E-state index in [1.54, 1.807) is 0 Å². The summed E-state index contributed by atoms with van der Waals surface area (Å²) in [7, 11) is 1.91. The molecule has 0 bridgehead atoms. The van der Waals surface area contributed by atoms with E-state index in [1.807, 2.05) is 37.1 Å². The van der Waals surface area contributed by atoms with Crippen LogP contribution in [0.4, 0.5) is 5.69 Å². The maximum atomic E-state index is 10.3. The first-order chi connectivity index (χ1) is 6.15. The topological polar surface area (TPSA) is 20.3 Å². The average molecular weight is 242 g/mol. The van der Waals surface area contributed by atoms with E-state index in [9.17, 15) is 4.79 Å². The van der Waals surface area contributed by atoms with Crippen LogP contribution < -0.4 is 4.90 Å². The highest BCUT2D eigenvalue weighted by Crippen LogP contribution is 2.23. The van der Waals surface area contributed by atoms with E-state index in [0.717, 1.165) is 16.4 Å². The molecule has 0 aliphatic heterocycles. The second-order valence-corrected chi connectivity index (χ2v) is 3.89. The Morgan fingerprint density at radius 1 is 1.54 bits per heavy atom. The third-order valence-electron chi connectivity index (χ3n) is 1.93. The summed E-state index contributed by atoms with van der Waals surface area (Å²) in [6.45, 7) is 2.46. The first-order valence-electron chi connectivity index (χ1n) is 4.06. The van der Waals surface area contributed by atoms with Gasteiger partial charge in [0.25, 0.3) is 0 Å². The second kappa shape index (κ2) is 4.42. The molecule has 0 aliphatic rings. The molecule has 13 heavy (non-hydrogen) atoms. The Bertz CT molecular complexity index is 312. The molecular formula is C10H12BrNO. The van der Waals surface area contributed by atoms with Crippen LogP contribution in [0.5, 0.6) is 0 Å². The van der Waals surface area contributed by atoms with Gasteiger partial charge in [0.1, 0.15) is 6.29 Å². The molecule has 0 atom stereocenters. The van der Waals surface area contributed by atoms with Gasteiger partial charge in [-0.3, -0.25) is 0 Å². The first kappa shape index (κ1) is 10.3. The molecule has 0 amide bonds. The number of aldehydes is 1. The van der Waals surface area contributed by atoms with Gasteiger partial charge >= 0.3 is 0 Å². The van der Waals surface area contributed by atoms with Crippen molar-refractivity contribution in [3.8, 4) is 0 Å². The Morgan fingerprint density at radius 3 is 2.85 bits per heavy atom. The van der Waals surface area contributed by atoms with Crippen molar-refractivity contribution in [3.05, 3.63) is 28.2 Å². The Morgan fingerprint density at radius 2 is 2.23 bits per heavy atom. The van der Waals surface area contributed by atoms with Gasteiger partial charge in [0.15, 0.2) is 0 Å². The fourth-order valence-electron chi connectivity index (χ4n) is 1.20. The van der Waals surface area contributed by atoms with Gasteiger partial charge in [-0.2, -0.15) is 0 Å². The predicted molar refractivity (Wildman–Crippen MR) is 58.2 cm³/mol. The monoisotopic (exact) mass is 241 g/mol. The second-order valence-electron chi connectivity index (χ2n) is 2.98. The van der Waals surface area contributed by atoms with Crippen LogP contribution in [0.25, 0.3) is 0 Å². The van der Waals surface area contributed by atoms with Crippen molar-refractivity contribution in [2.75, 3.05) is 18.5 Å². The number of carbonyl (C=O) groups is 1. The maximum absolute atomic E-state index is 10.3. The zero-order valence-corrected chi connectivity index (χ0v) is 9.34. The van der Waals surface area contributed by atoms with Crippen LogP contribution in [0.1, 0.15) is 5.56 Å². The molecule has 0 fully saturated rings. The third kappa shape index (κ3) is 2.56. The molecule has 3 heteroatoms. The number of carbonyl (C=O) groups excluding carboxylic acids is 1. The zero-order chi connectivity index (χ0) is 9.84. The minimum Gasteiger partial charge on any atom is -0.367 e. The lowest BCUT2D eigenvalue weighted by atomic mass is 10.2. The Hall–Kier alpha value is -0.830. The van der Waals surface area contributed by atoms with Crippen molar-refractivity contribution < 1.29 is 4.79 Å². The number of rotatable bonds is 3. The number of halogens is 1. The fourth-order valence-corrected chi connectivity index (χ4v) is 1.55. The van der Waals surface area contributed by atoms with Crippen LogP contribution in [0.15, 0.2) is 22.7 Å². The summed E-state index contributed by atoms with van der Waals surface area (Å²) in [5.41, 5.74) is 2.26. The summed E-state index contributed by atoms with van der Waals surface area (Å²) in [5.74, 6) is 0. The fraction of sp³-hybridized carbons (Fsp3) is 0.300. The summed E-state index contributed by atoms with van der Waals surface area (Å²) >= 11 is 3.40. The van der Waals surface area contributed by atoms with Crippen molar-refractivity contribution in [2.24, 2.45) is 0 Å². The highest BCUT2D eigenvalue weighted by Gasteiger charge is 2.03. The quantitative estimate of drug-likeness (QED) is 0.758. The lowest BCUT2D eigenvalue weighted by Crippen LogP contribution is -2.20. The Labute approximate surface area is 86.7 Å². The lowest BCUT2D eigenvalue weighted by molar-refractivity contribution is -0.106. The summed E-state index contributed by atoms with van der Waals surface area (Å²) < 4.78 is 1.03. The molecule has 0 aromatic heterocycles. The van der Waals surface area contributed by atoms with E-state index in [-0.39, 0.29) is 0 Å². The molecule has 2 nitrogen and oxygen atoms in total. The van der Waals surface area contributed by atoms with Crippen LogP contribution >= 0.6 is 15.9 Å². The predicted octanol–water partition coefficient (Wildman–Crippen LogP) is 2.39. The van der Waals surface area contributed by atoms with Gasteiger partial charge in [0.2, 0.25) is 0 Å². The van der Waals surface area contributed by atoms with Crippen LogP contribution in [0.3, 0.4) is 0 Å². The van der Waals surface area contributed by atoms with Crippen molar-refractivity contribution in [1.29, 1.82) is 0 Å². The summed E-state index contributed by atoms with van der Waals surface area (Å²) in [6, 6.07) is 6.03. The molecule has 0 heterocycles. The van der Waals surface area contributed by atoms with Crippen LogP contribution in [-0.2, 0) is 4.79 Å². The highest BCUT2D eigenvalue weighted by atomic mass is 79.9. The molecule has 0 N–H and O–H groups in total. The van der Waals surface area contributed by atoms with Gasteiger partial charge in [0.05, 0.1) is 6.54 Å². The number of aryl methyl sites for hydroxylation is 1. The van der Waals surface area contributed by atoms with E-state index >= 15 is 0 Å². The average Bonchev–Trinajstić information content (AvgIpc) is 2.09. The van der Waals surface area contributed by atoms with E-state index < -0.39 is 0 Å². The largest absolute Gasteiger partial charge is 0.367 e. The van der Waals surface area contributed by atoms with Gasteiger partial charge in [-0.25, -0.2) is 0 Å². The molecule has 0 saturated carbocycles. The van der Waals surface area contributed by atoms with Crippen molar-refractivity contribution >= 4 is 27.9 Å². The summed E-state index contributed by atoms with van der Waals surface area (Å²) in [5, 5.41) is 0. The molecule has 70 valence electrons. The molecular weight excluding hydrogens is 230 g/mol. The molecule has 0 unspecified atom stereocenters. The summed E-state index contributed by atoms with van der Waals surface area (Å²) in [6.07, 6.45) is 0.903. The number of hydrogen-bond donors (Lipinski definition) is 0. The maximum Gasteiger partial charge on any atom is 0.139 e. The molecule has 1 aromatic carbocycles. The van der Waals surface area contributed by atoms with Crippen molar-refractivity contribution in [2.45, 2.75) is 6.92 Å². The molecule has 0 radical (unpaired) electrons. The Kier molecular flexibility index (Phi) is 3.48. The normalized spacial score (nSPS) is 9.77. The molecule has 1 aromatic rings. The first-order valence-corrected chi connectivity index (χ1v) is 4.85. The van der Waals surface area contributed by atoms with E-state index in [1.165, 1.54) is 5.56 Å². The SMILES string of the molecule is Cc1ccc(Br)cc1N(C)CC=O. The minimum absolute atomic E-state index is 0.428.